The van der Waals surface area contributed by atoms with E-state index in [1.165, 1.54) is 31.6 Å². The van der Waals surface area contributed by atoms with Gasteiger partial charge in [-0.1, -0.05) is 0 Å². The van der Waals surface area contributed by atoms with Crippen LogP contribution >= 0.6 is 22.6 Å². The molecule has 5 nitrogen and oxygen atoms in total. The van der Waals surface area contributed by atoms with E-state index in [1.807, 2.05) is 22.6 Å². The van der Waals surface area contributed by atoms with Crippen molar-refractivity contribution in [3.8, 4) is 0 Å². The summed E-state index contributed by atoms with van der Waals surface area (Å²) in [4.78, 5) is 16.2. The molecule has 24 heavy (non-hydrogen) atoms. The number of carbonyl (C=O) groups excluding carboxylic acids is 1. The first kappa shape index (κ1) is 16.6. The number of rotatable bonds is 3. The average Bonchev–Trinajstić information content (AvgIpc) is 2.92. The van der Waals surface area contributed by atoms with Crippen LogP contribution in [-0.2, 0) is 7.05 Å². The molecule has 2 N–H and O–H groups in total. The number of benzene rings is 2. The number of aryl methyl sites for hydroxylation is 1. The first-order chi connectivity index (χ1) is 11.4. The van der Waals surface area contributed by atoms with Crippen LogP contribution in [0.3, 0.4) is 0 Å². The van der Waals surface area contributed by atoms with E-state index in [0.29, 0.717) is 9.09 Å². The number of fused-ring (bicyclic) bond motifs is 1. The van der Waals surface area contributed by atoms with Gasteiger partial charge in [-0.25, -0.2) is 13.8 Å². The Bertz CT molecular complexity index is 955. The van der Waals surface area contributed by atoms with Gasteiger partial charge < -0.3 is 15.2 Å². The average molecular weight is 442 g/mol. The standard InChI is InChI=1S/C16H13F2IN4O/c1-20-16(24)9-6-12-15(21-7-23(12)2)13(18)14(9)22-11-4-3-8(19)5-10(11)17/h3-7,22H,1-2H3,(H,20,24). The highest BCUT2D eigenvalue weighted by atomic mass is 127. The summed E-state index contributed by atoms with van der Waals surface area (Å²) in [7, 11) is 3.15. The van der Waals surface area contributed by atoms with Crippen molar-refractivity contribution < 1.29 is 13.6 Å². The molecule has 0 aliphatic rings. The molecule has 0 aliphatic carbocycles. The second kappa shape index (κ2) is 6.34. The van der Waals surface area contributed by atoms with E-state index in [4.69, 9.17) is 0 Å². The van der Waals surface area contributed by atoms with Crippen LogP contribution in [0.1, 0.15) is 10.4 Å². The Morgan fingerprint density at radius 1 is 1.29 bits per heavy atom. The molecule has 1 aromatic heterocycles. The van der Waals surface area contributed by atoms with Gasteiger partial charge >= 0.3 is 0 Å². The fourth-order valence-corrected chi connectivity index (χ4v) is 2.84. The van der Waals surface area contributed by atoms with E-state index in [-0.39, 0.29) is 22.5 Å². The number of imidazole rings is 1. The van der Waals surface area contributed by atoms with Gasteiger partial charge in [0.25, 0.3) is 5.91 Å². The number of hydrogen-bond acceptors (Lipinski definition) is 3. The summed E-state index contributed by atoms with van der Waals surface area (Å²) in [5, 5.41) is 5.15. The largest absolute Gasteiger partial charge is 0.355 e. The molecule has 8 heteroatoms. The molecule has 0 aliphatic heterocycles. The third-order valence-electron chi connectivity index (χ3n) is 3.62. The third-order valence-corrected chi connectivity index (χ3v) is 4.29. The van der Waals surface area contributed by atoms with Gasteiger partial charge in [0.05, 0.1) is 28.8 Å². The summed E-state index contributed by atoms with van der Waals surface area (Å²) in [6.07, 6.45) is 1.45. The Hall–Kier alpha value is -2.23. The monoisotopic (exact) mass is 442 g/mol. The maximum Gasteiger partial charge on any atom is 0.253 e. The molecule has 0 saturated heterocycles. The summed E-state index contributed by atoms with van der Waals surface area (Å²) in [5.41, 5.74) is 0.623. The lowest BCUT2D eigenvalue weighted by Crippen LogP contribution is -2.20. The maximum atomic E-state index is 14.9. The molecule has 0 atom stereocenters. The minimum absolute atomic E-state index is 0.0732. The van der Waals surface area contributed by atoms with Gasteiger partial charge in [-0.05, 0) is 46.9 Å². The summed E-state index contributed by atoms with van der Waals surface area (Å²) in [6, 6.07) is 6.02. The molecule has 124 valence electrons. The highest BCUT2D eigenvalue weighted by Crippen LogP contribution is 2.31. The lowest BCUT2D eigenvalue weighted by atomic mass is 10.1. The minimum atomic E-state index is -0.704. The molecule has 0 saturated carbocycles. The number of carbonyl (C=O) groups is 1. The van der Waals surface area contributed by atoms with Crippen molar-refractivity contribution in [2.45, 2.75) is 0 Å². The lowest BCUT2D eigenvalue weighted by molar-refractivity contribution is 0.0963. The van der Waals surface area contributed by atoms with E-state index < -0.39 is 17.5 Å². The molecule has 1 amide bonds. The molecule has 0 unspecified atom stereocenters. The van der Waals surface area contributed by atoms with E-state index >= 15 is 0 Å². The highest BCUT2D eigenvalue weighted by Gasteiger charge is 2.21. The molecule has 0 bridgehead atoms. The van der Waals surface area contributed by atoms with E-state index in [0.717, 1.165) is 0 Å². The van der Waals surface area contributed by atoms with Crippen molar-refractivity contribution in [3.05, 3.63) is 51.4 Å². The molecule has 2 aromatic carbocycles. The van der Waals surface area contributed by atoms with Gasteiger partial charge in [-0.2, -0.15) is 0 Å². The smallest absolute Gasteiger partial charge is 0.253 e. The number of amides is 1. The maximum absolute atomic E-state index is 14.9. The van der Waals surface area contributed by atoms with E-state index in [2.05, 4.69) is 15.6 Å². The van der Waals surface area contributed by atoms with Crippen molar-refractivity contribution in [3.63, 3.8) is 0 Å². The number of nitrogens with one attached hydrogen (secondary N) is 2. The zero-order chi connectivity index (χ0) is 17.4. The van der Waals surface area contributed by atoms with Crippen molar-refractivity contribution in [1.82, 2.24) is 14.9 Å². The summed E-state index contributed by atoms with van der Waals surface area (Å²) in [6.45, 7) is 0. The molecule has 0 fully saturated rings. The van der Waals surface area contributed by atoms with Crippen LogP contribution in [0, 0.1) is 15.2 Å². The van der Waals surface area contributed by atoms with E-state index in [1.54, 1.807) is 17.7 Å². The van der Waals surface area contributed by atoms with Crippen molar-refractivity contribution >= 4 is 50.9 Å². The number of halogens is 3. The van der Waals surface area contributed by atoms with Gasteiger partial charge in [-0.15, -0.1) is 0 Å². The topological polar surface area (TPSA) is 59.0 Å². The zero-order valence-corrected chi connectivity index (χ0v) is 15.0. The summed E-state index contributed by atoms with van der Waals surface area (Å²) in [5.74, 6) is -1.72. The molecule has 3 aromatic rings. The first-order valence-corrected chi connectivity index (χ1v) is 8.08. The highest BCUT2D eigenvalue weighted by molar-refractivity contribution is 14.1. The van der Waals surface area contributed by atoms with Crippen LogP contribution in [0.15, 0.2) is 30.6 Å². The molecular weight excluding hydrogens is 429 g/mol. The fourth-order valence-electron chi connectivity index (χ4n) is 2.39. The predicted molar refractivity (Wildman–Crippen MR) is 96.5 cm³/mol. The summed E-state index contributed by atoms with van der Waals surface area (Å²) >= 11 is 1.98. The normalized spacial score (nSPS) is 10.9. The van der Waals surface area contributed by atoms with Crippen LogP contribution in [-0.4, -0.2) is 22.5 Å². The van der Waals surface area contributed by atoms with E-state index in [9.17, 15) is 13.6 Å². The number of nitrogens with zero attached hydrogens (tertiary/aromatic N) is 2. The molecule has 0 spiro atoms. The minimum Gasteiger partial charge on any atom is -0.355 e. The van der Waals surface area contributed by atoms with Crippen LogP contribution in [0.25, 0.3) is 11.0 Å². The predicted octanol–water partition coefficient (Wildman–Crippen LogP) is 3.56. The Kier molecular flexibility index (Phi) is 4.39. The number of aromatic nitrogens is 2. The molecule has 3 rings (SSSR count). The van der Waals surface area contributed by atoms with Crippen LogP contribution in [0.5, 0.6) is 0 Å². The summed E-state index contributed by atoms with van der Waals surface area (Å²) < 4.78 is 31.3. The van der Waals surface area contributed by atoms with Gasteiger partial charge in [0.1, 0.15) is 11.3 Å². The Morgan fingerprint density at radius 3 is 2.71 bits per heavy atom. The zero-order valence-electron chi connectivity index (χ0n) is 12.8. The van der Waals surface area contributed by atoms with Crippen molar-refractivity contribution in [2.24, 2.45) is 7.05 Å². The van der Waals surface area contributed by atoms with Crippen molar-refractivity contribution in [2.75, 3.05) is 12.4 Å². The molecule has 0 radical (unpaired) electrons. The van der Waals surface area contributed by atoms with Gasteiger partial charge in [0.15, 0.2) is 5.82 Å². The third kappa shape index (κ3) is 2.81. The Labute approximate surface area is 150 Å². The Morgan fingerprint density at radius 2 is 2.04 bits per heavy atom. The van der Waals surface area contributed by atoms with Gasteiger partial charge in [0.2, 0.25) is 0 Å². The second-order valence-corrected chi connectivity index (χ2v) is 6.41. The number of hydrogen-bond donors (Lipinski definition) is 2. The quantitative estimate of drug-likeness (QED) is 0.611. The Balaban J connectivity index is 2.21. The fraction of sp³-hybridized carbons (Fsp3) is 0.125. The second-order valence-electron chi connectivity index (χ2n) is 5.16. The van der Waals surface area contributed by atoms with Gasteiger partial charge in [-0.3, -0.25) is 4.79 Å². The molecular formula is C16H13F2IN4O. The van der Waals surface area contributed by atoms with Crippen LogP contribution in [0.4, 0.5) is 20.2 Å². The SMILES string of the molecule is CNC(=O)c1cc2c(ncn2C)c(F)c1Nc1ccc(I)cc1F. The lowest BCUT2D eigenvalue weighted by Gasteiger charge is -2.14. The first-order valence-electron chi connectivity index (χ1n) is 7.00. The number of anilines is 2. The van der Waals surface area contributed by atoms with Crippen LogP contribution < -0.4 is 10.6 Å². The molecule has 1 heterocycles. The van der Waals surface area contributed by atoms with Gasteiger partial charge in [0, 0.05) is 17.7 Å². The van der Waals surface area contributed by atoms with Crippen LogP contribution in [0.2, 0.25) is 0 Å². The van der Waals surface area contributed by atoms with Crippen molar-refractivity contribution in [1.29, 1.82) is 0 Å².